The fraction of sp³-hybridized carbons (Fsp3) is 0.182. The number of rotatable bonds is 4. The molecule has 0 aliphatic carbocycles. The quantitative estimate of drug-likeness (QED) is 0.274. The van der Waals surface area contributed by atoms with Crippen LogP contribution in [-0.4, -0.2) is 24.1 Å². The highest BCUT2D eigenvalue weighted by Gasteiger charge is 2.11. The number of ketones is 2. The second-order valence-corrected chi connectivity index (χ2v) is 7.79. The van der Waals surface area contributed by atoms with Gasteiger partial charge >= 0.3 is 0 Å². The molecular formula is C22H20O4S2. The summed E-state index contributed by atoms with van der Waals surface area (Å²) >= 11 is 3.24. The molecule has 0 saturated heterocycles. The Morgan fingerprint density at radius 1 is 0.714 bits per heavy atom. The summed E-state index contributed by atoms with van der Waals surface area (Å²) in [4.78, 5) is 24.4. The molecule has 0 aliphatic rings. The highest BCUT2D eigenvalue weighted by molar-refractivity contribution is 7.99. The fourth-order valence-electron chi connectivity index (χ4n) is 2.74. The summed E-state index contributed by atoms with van der Waals surface area (Å²) in [5.74, 6) is 0.796. The number of hydrogen-bond acceptors (Lipinski definition) is 6. The number of benzene rings is 2. The van der Waals surface area contributed by atoms with Crippen LogP contribution in [0.15, 0.2) is 67.2 Å². The molecule has 144 valence electrons. The molecule has 2 aromatic heterocycles. The van der Waals surface area contributed by atoms with E-state index in [-0.39, 0.29) is 11.6 Å². The molecule has 0 saturated carbocycles. The van der Waals surface area contributed by atoms with Gasteiger partial charge in [0.25, 0.3) is 0 Å². The highest BCUT2D eigenvalue weighted by atomic mass is 32.2. The topological polar surface area (TPSA) is 60.4 Å². The molecule has 2 heterocycles. The number of furan rings is 2. The fourth-order valence-corrected chi connectivity index (χ4v) is 3.86. The molecule has 28 heavy (non-hydrogen) atoms. The van der Waals surface area contributed by atoms with Crippen LogP contribution in [0.4, 0.5) is 0 Å². The van der Waals surface area contributed by atoms with Gasteiger partial charge in [-0.05, 0) is 36.8 Å². The Kier molecular flexibility index (Phi) is 6.31. The minimum atomic E-state index is -0.0340. The number of fused-ring (bicyclic) bond motifs is 2. The summed E-state index contributed by atoms with van der Waals surface area (Å²) < 4.78 is 11.0. The lowest BCUT2D eigenvalue weighted by Crippen LogP contribution is -1.85. The Labute approximate surface area is 171 Å². The maximum absolute atomic E-state index is 11.1. The van der Waals surface area contributed by atoms with Crippen LogP contribution in [0.25, 0.3) is 21.9 Å². The van der Waals surface area contributed by atoms with Crippen molar-refractivity contribution in [3.8, 4) is 0 Å². The van der Waals surface area contributed by atoms with Crippen molar-refractivity contribution in [2.75, 3.05) is 12.5 Å². The van der Waals surface area contributed by atoms with Gasteiger partial charge in [0.05, 0.1) is 9.79 Å². The Hall–Kier alpha value is -2.44. The van der Waals surface area contributed by atoms with E-state index in [0.717, 1.165) is 31.7 Å². The molecule has 0 N–H and O–H groups in total. The number of thioether (sulfide) groups is 2. The normalized spacial score (nSPS) is 10.7. The predicted molar refractivity (Wildman–Crippen MR) is 116 cm³/mol. The number of carbonyl (C=O) groups excluding carboxylic acids is 2. The summed E-state index contributed by atoms with van der Waals surface area (Å²) in [7, 11) is 0. The number of para-hydroxylation sites is 2. The van der Waals surface area contributed by atoms with Gasteiger partial charge in [-0.3, -0.25) is 9.59 Å². The predicted octanol–water partition coefficient (Wildman–Crippen LogP) is 6.71. The summed E-state index contributed by atoms with van der Waals surface area (Å²) in [6.07, 6.45) is 3.98. The van der Waals surface area contributed by atoms with Gasteiger partial charge in [-0.1, -0.05) is 24.3 Å². The van der Waals surface area contributed by atoms with E-state index in [9.17, 15) is 9.59 Å². The highest BCUT2D eigenvalue weighted by Crippen LogP contribution is 2.30. The maximum Gasteiger partial charge on any atom is 0.194 e. The first-order chi connectivity index (χ1) is 13.4. The van der Waals surface area contributed by atoms with Crippen LogP contribution in [0.1, 0.15) is 35.0 Å². The van der Waals surface area contributed by atoms with Gasteiger partial charge in [0.15, 0.2) is 23.1 Å². The summed E-state index contributed by atoms with van der Waals surface area (Å²) in [5.41, 5.74) is 1.62. The minimum absolute atomic E-state index is 0.0340. The second kappa shape index (κ2) is 8.71. The van der Waals surface area contributed by atoms with Crippen molar-refractivity contribution < 1.29 is 18.4 Å². The second-order valence-electron chi connectivity index (χ2n) is 6.09. The summed E-state index contributed by atoms with van der Waals surface area (Å²) in [5, 5.41) is 1.98. The van der Waals surface area contributed by atoms with Crippen molar-refractivity contribution in [1.29, 1.82) is 0 Å². The van der Waals surface area contributed by atoms with Crippen molar-refractivity contribution in [2.24, 2.45) is 0 Å². The summed E-state index contributed by atoms with van der Waals surface area (Å²) in [6.45, 7) is 3.02. The zero-order chi connectivity index (χ0) is 20.3. The van der Waals surface area contributed by atoms with Crippen molar-refractivity contribution in [3.05, 3.63) is 60.1 Å². The van der Waals surface area contributed by atoms with E-state index in [0.29, 0.717) is 11.5 Å². The molecule has 0 atom stereocenters. The number of carbonyl (C=O) groups is 2. The van der Waals surface area contributed by atoms with Crippen LogP contribution in [0.2, 0.25) is 0 Å². The Morgan fingerprint density at radius 3 is 1.43 bits per heavy atom. The lowest BCUT2D eigenvalue weighted by molar-refractivity contribution is 0.0981. The molecule has 0 radical (unpaired) electrons. The van der Waals surface area contributed by atoms with Gasteiger partial charge in [0, 0.05) is 24.6 Å². The van der Waals surface area contributed by atoms with E-state index < -0.39 is 0 Å². The zero-order valence-corrected chi connectivity index (χ0v) is 17.7. The van der Waals surface area contributed by atoms with Crippen LogP contribution in [0, 0.1) is 0 Å². The Balaban J connectivity index is 0.000000161. The molecule has 4 rings (SSSR count). The monoisotopic (exact) mass is 412 g/mol. The lowest BCUT2D eigenvalue weighted by Gasteiger charge is -1.95. The molecule has 0 spiro atoms. The van der Waals surface area contributed by atoms with Gasteiger partial charge in [-0.25, -0.2) is 0 Å². The van der Waals surface area contributed by atoms with Crippen LogP contribution in [0.3, 0.4) is 0 Å². The average Bonchev–Trinajstić information content (AvgIpc) is 3.32. The zero-order valence-electron chi connectivity index (χ0n) is 16.1. The Bertz CT molecular complexity index is 1060. The lowest BCUT2D eigenvalue weighted by atomic mass is 10.2. The molecule has 2 aromatic carbocycles. The van der Waals surface area contributed by atoms with Crippen LogP contribution in [0.5, 0.6) is 0 Å². The van der Waals surface area contributed by atoms with Gasteiger partial charge in [0.1, 0.15) is 11.2 Å². The first kappa shape index (κ1) is 20.3. The van der Waals surface area contributed by atoms with Gasteiger partial charge < -0.3 is 8.83 Å². The molecule has 0 unspecified atom stereocenters. The molecule has 0 bridgehead atoms. The standard InChI is InChI=1S/2C11H10O2S/c2*1-7(12)9-6-8-4-3-5-10(14-2)11(8)13-9/h2*3-6H,1-2H3. The van der Waals surface area contributed by atoms with E-state index in [1.807, 2.05) is 48.9 Å². The van der Waals surface area contributed by atoms with E-state index in [1.165, 1.54) is 13.8 Å². The minimum Gasteiger partial charge on any atom is -0.452 e. The van der Waals surface area contributed by atoms with Crippen molar-refractivity contribution in [2.45, 2.75) is 23.6 Å². The van der Waals surface area contributed by atoms with Crippen LogP contribution < -0.4 is 0 Å². The molecule has 4 aromatic rings. The van der Waals surface area contributed by atoms with Crippen molar-refractivity contribution in [3.63, 3.8) is 0 Å². The van der Waals surface area contributed by atoms with E-state index >= 15 is 0 Å². The molecule has 4 nitrogen and oxygen atoms in total. The number of hydrogen-bond donors (Lipinski definition) is 0. The van der Waals surface area contributed by atoms with E-state index in [1.54, 1.807) is 35.7 Å². The third kappa shape index (κ3) is 4.18. The van der Waals surface area contributed by atoms with Crippen LogP contribution in [-0.2, 0) is 0 Å². The Morgan fingerprint density at radius 2 is 1.11 bits per heavy atom. The summed E-state index contributed by atoms with van der Waals surface area (Å²) in [6, 6.07) is 15.4. The van der Waals surface area contributed by atoms with Gasteiger partial charge in [-0.2, -0.15) is 0 Å². The van der Waals surface area contributed by atoms with E-state index in [4.69, 9.17) is 8.83 Å². The maximum atomic E-state index is 11.1. The van der Waals surface area contributed by atoms with Gasteiger partial charge in [0.2, 0.25) is 0 Å². The molecule has 6 heteroatoms. The smallest absolute Gasteiger partial charge is 0.194 e. The SMILES string of the molecule is CSc1cccc2cc(C(C)=O)oc12.CSc1cccc2cc(C(C)=O)oc12. The average molecular weight is 413 g/mol. The number of Topliss-reactive ketones (excluding diaryl/α,β-unsaturated/α-hetero) is 2. The third-order valence-corrected chi connectivity index (χ3v) is 5.67. The van der Waals surface area contributed by atoms with Crippen molar-refractivity contribution >= 4 is 57.0 Å². The molecule has 0 aliphatic heterocycles. The van der Waals surface area contributed by atoms with E-state index in [2.05, 4.69) is 0 Å². The first-order valence-corrected chi connectivity index (χ1v) is 11.0. The van der Waals surface area contributed by atoms with Crippen LogP contribution >= 0.6 is 23.5 Å². The third-order valence-electron chi connectivity index (χ3n) is 4.15. The van der Waals surface area contributed by atoms with Gasteiger partial charge in [-0.15, -0.1) is 23.5 Å². The molecule has 0 amide bonds. The van der Waals surface area contributed by atoms with Crippen molar-refractivity contribution in [1.82, 2.24) is 0 Å². The molecular weight excluding hydrogens is 392 g/mol. The largest absolute Gasteiger partial charge is 0.452 e. The first-order valence-electron chi connectivity index (χ1n) is 8.59. The molecule has 0 fully saturated rings.